The van der Waals surface area contributed by atoms with Crippen molar-refractivity contribution in [2.75, 3.05) is 14.2 Å². The van der Waals surface area contributed by atoms with Crippen molar-refractivity contribution in [2.45, 2.75) is 0 Å². The molecule has 1 aromatic heterocycles. The third-order valence-corrected chi connectivity index (χ3v) is 2.69. The lowest BCUT2D eigenvalue weighted by atomic mass is 10.0. The first kappa shape index (κ1) is 13.7. The van der Waals surface area contributed by atoms with Gasteiger partial charge in [-0.05, 0) is 17.7 Å². The topological polar surface area (TPSA) is 84.4 Å². The van der Waals surface area contributed by atoms with Crippen molar-refractivity contribution in [3.63, 3.8) is 0 Å². The number of aromatic amines is 1. The second kappa shape index (κ2) is 5.92. The van der Waals surface area contributed by atoms with Gasteiger partial charge >= 0.3 is 5.97 Å². The summed E-state index contributed by atoms with van der Waals surface area (Å²) in [6, 6.07) is 2.99. The van der Waals surface area contributed by atoms with Gasteiger partial charge < -0.3 is 19.6 Å². The Bertz CT molecular complexity index is 633. The number of ether oxygens (including phenoxy) is 2. The van der Waals surface area contributed by atoms with Gasteiger partial charge in [0.05, 0.1) is 14.2 Å². The van der Waals surface area contributed by atoms with Crippen LogP contribution in [0.15, 0.2) is 24.5 Å². The number of rotatable bonds is 4. The molecule has 0 radical (unpaired) electrons. The molecule has 0 spiro atoms. The number of phenols is 1. The zero-order chi connectivity index (χ0) is 14.5. The van der Waals surface area contributed by atoms with E-state index in [-0.39, 0.29) is 11.3 Å². The first-order valence-corrected chi connectivity index (χ1v) is 5.82. The fourth-order valence-electron chi connectivity index (χ4n) is 1.73. The SMILES string of the molecule is COC(=O)c1c(O)cc(OC)cc1/C=C/c1ncc[nH]1. The van der Waals surface area contributed by atoms with Crippen molar-refractivity contribution in [3.05, 3.63) is 41.5 Å². The van der Waals surface area contributed by atoms with E-state index in [0.717, 1.165) is 0 Å². The number of carbonyl (C=O) groups is 1. The van der Waals surface area contributed by atoms with Crippen LogP contribution in [0.2, 0.25) is 0 Å². The molecule has 104 valence electrons. The Morgan fingerprint density at radius 1 is 1.35 bits per heavy atom. The molecule has 0 aliphatic carbocycles. The summed E-state index contributed by atoms with van der Waals surface area (Å²) < 4.78 is 9.74. The predicted octanol–water partition coefficient (Wildman–Crippen LogP) is 2.08. The average molecular weight is 274 g/mol. The number of aromatic hydroxyl groups is 1. The minimum absolute atomic E-state index is 0.0797. The van der Waals surface area contributed by atoms with E-state index >= 15 is 0 Å². The molecule has 2 N–H and O–H groups in total. The highest BCUT2D eigenvalue weighted by atomic mass is 16.5. The van der Waals surface area contributed by atoms with Crippen LogP contribution in [0.3, 0.4) is 0 Å². The molecule has 6 heteroatoms. The average Bonchev–Trinajstić information content (AvgIpc) is 2.97. The van der Waals surface area contributed by atoms with Crippen molar-refractivity contribution in [1.82, 2.24) is 9.97 Å². The van der Waals surface area contributed by atoms with E-state index < -0.39 is 5.97 Å². The van der Waals surface area contributed by atoms with Gasteiger partial charge in [-0.2, -0.15) is 0 Å². The number of imidazole rings is 1. The number of hydrogen-bond acceptors (Lipinski definition) is 5. The van der Waals surface area contributed by atoms with Gasteiger partial charge in [0.1, 0.15) is 22.9 Å². The normalized spacial score (nSPS) is 10.7. The summed E-state index contributed by atoms with van der Waals surface area (Å²) in [5, 5.41) is 9.92. The molecule has 6 nitrogen and oxygen atoms in total. The van der Waals surface area contributed by atoms with Crippen LogP contribution in [-0.2, 0) is 4.74 Å². The first-order valence-electron chi connectivity index (χ1n) is 5.82. The van der Waals surface area contributed by atoms with Gasteiger partial charge in [0.2, 0.25) is 0 Å². The Labute approximate surface area is 115 Å². The minimum atomic E-state index is -0.621. The number of esters is 1. The number of aromatic nitrogens is 2. The molecule has 1 aromatic carbocycles. The van der Waals surface area contributed by atoms with Gasteiger partial charge in [-0.3, -0.25) is 0 Å². The summed E-state index contributed by atoms with van der Waals surface area (Å²) in [7, 11) is 2.73. The van der Waals surface area contributed by atoms with E-state index in [1.807, 2.05) is 0 Å². The largest absolute Gasteiger partial charge is 0.507 e. The summed E-state index contributed by atoms with van der Waals surface area (Å²) in [5.41, 5.74) is 0.557. The third kappa shape index (κ3) is 2.80. The molecule has 0 saturated carbocycles. The standard InChI is InChI=1S/C14H14N2O4/c1-19-10-7-9(3-4-12-15-5-6-16-12)13(11(17)8-10)14(18)20-2/h3-8,17H,1-2H3,(H,15,16)/b4-3+. The number of phenolic OH excluding ortho intramolecular Hbond substituents is 1. The molecule has 1 heterocycles. The fraction of sp³-hybridized carbons (Fsp3) is 0.143. The predicted molar refractivity (Wildman–Crippen MR) is 73.5 cm³/mol. The van der Waals surface area contributed by atoms with Gasteiger partial charge in [0.25, 0.3) is 0 Å². The van der Waals surface area contributed by atoms with E-state index in [0.29, 0.717) is 17.1 Å². The summed E-state index contributed by atoms with van der Waals surface area (Å²) in [5.74, 6) is 0.247. The summed E-state index contributed by atoms with van der Waals surface area (Å²) in [6.07, 6.45) is 6.63. The van der Waals surface area contributed by atoms with Crippen molar-refractivity contribution in [2.24, 2.45) is 0 Å². The van der Waals surface area contributed by atoms with Crippen molar-refractivity contribution < 1.29 is 19.4 Å². The van der Waals surface area contributed by atoms with E-state index in [2.05, 4.69) is 14.7 Å². The Kier molecular flexibility index (Phi) is 4.05. The number of nitrogens with zero attached hydrogens (tertiary/aromatic N) is 1. The minimum Gasteiger partial charge on any atom is -0.507 e. The smallest absolute Gasteiger partial charge is 0.342 e. The Hall–Kier alpha value is -2.76. The van der Waals surface area contributed by atoms with E-state index in [1.165, 1.54) is 20.3 Å². The molecule has 0 aliphatic heterocycles. The maximum absolute atomic E-state index is 11.7. The molecule has 0 amide bonds. The number of nitrogens with one attached hydrogen (secondary N) is 1. The highest BCUT2D eigenvalue weighted by Gasteiger charge is 2.17. The maximum atomic E-state index is 11.7. The molecule has 0 unspecified atom stereocenters. The van der Waals surface area contributed by atoms with Gasteiger partial charge in [0.15, 0.2) is 0 Å². The Balaban J connectivity index is 2.48. The zero-order valence-electron chi connectivity index (χ0n) is 11.1. The molecule has 2 aromatic rings. The molecule has 2 rings (SSSR count). The van der Waals surface area contributed by atoms with E-state index in [1.54, 1.807) is 30.6 Å². The van der Waals surface area contributed by atoms with Crippen LogP contribution >= 0.6 is 0 Å². The molecule has 0 saturated heterocycles. The molecule has 0 atom stereocenters. The van der Waals surface area contributed by atoms with Gasteiger partial charge in [0, 0.05) is 18.5 Å². The van der Waals surface area contributed by atoms with E-state index in [4.69, 9.17) is 4.74 Å². The molecular weight excluding hydrogens is 260 g/mol. The van der Waals surface area contributed by atoms with Crippen LogP contribution in [0.25, 0.3) is 12.2 Å². The number of benzene rings is 1. The molecular formula is C14H14N2O4. The second-order valence-electron chi connectivity index (χ2n) is 3.91. The van der Waals surface area contributed by atoms with E-state index in [9.17, 15) is 9.90 Å². The Morgan fingerprint density at radius 2 is 2.15 bits per heavy atom. The van der Waals surface area contributed by atoms with Crippen LogP contribution in [0, 0.1) is 0 Å². The van der Waals surface area contributed by atoms with Crippen LogP contribution in [0.5, 0.6) is 11.5 Å². The van der Waals surface area contributed by atoms with Crippen LogP contribution < -0.4 is 4.74 Å². The molecule has 20 heavy (non-hydrogen) atoms. The molecule has 0 aliphatic rings. The van der Waals surface area contributed by atoms with Gasteiger partial charge in [-0.1, -0.05) is 6.08 Å². The fourth-order valence-corrected chi connectivity index (χ4v) is 1.73. The van der Waals surface area contributed by atoms with Crippen LogP contribution in [-0.4, -0.2) is 35.3 Å². The first-order chi connectivity index (χ1) is 9.65. The monoisotopic (exact) mass is 274 g/mol. The summed E-state index contributed by atoms with van der Waals surface area (Å²) >= 11 is 0. The zero-order valence-corrected chi connectivity index (χ0v) is 11.1. The lowest BCUT2D eigenvalue weighted by Gasteiger charge is -2.09. The van der Waals surface area contributed by atoms with Gasteiger partial charge in [-0.25, -0.2) is 9.78 Å². The summed E-state index contributed by atoms with van der Waals surface area (Å²) in [4.78, 5) is 18.7. The lowest BCUT2D eigenvalue weighted by Crippen LogP contribution is -2.04. The van der Waals surface area contributed by atoms with Crippen molar-refractivity contribution in [1.29, 1.82) is 0 Å². The number of H-pyrrole nitrogens is 1. The second-order valence-corrected chi connectivity index (χ2v) is 3.91. The summed E-state index contributed by atoms with van der Waals surface area (Å²) in [6.45, 7) is 0. The maximum Gasteiger partial charge on any atom is 0.342 e. The van der Waals surface area contributed by atoms with Crippen molar-refractivity contribution in [3.8, 4) is 11.5 Å². The van der Waals surface area contributed by atoms with Gasteiger partial charge in [-0.15, -0.1) is 0 Å². The molecule has 0 fully saturated rings. The third-order valence-electron chi connectivity index (χ3n) is 2.69. The quantitative estimate of drug-likeness (QED) is 0.834. The van der Waals surface area contributed by atoms with Crippen molar-refractivity contribution >= 4 is 18.1 Å². The highest BCUT2D eigenvalue weighted by molar-refractivity contribution is 5.97. The number of hydrogen-bond donors (Lipinski definition) is 2. The highest BCUT2D eigenvalue weighted by Crippen LogP contribution is 2.29. The van der Waals surface area contributed by atoms with Crippen LogP contribution in [0.4, 0.5) is 0 Å². The number of methoxy groups -OCH3 is 2. The Morgan fingerprint density at radius 3 is 2.75 bits per heavy atom. The lowest BCUT2D eigenvalue weighted by molar-refractivity contribution is 0.0597. The molecule has 0 bridgehead atoms. The van der Waals surface area contributed by atoms with Crippen LogP contribution in [0.1, 0.15) is 21.7 Å². The number of carbonyl (C=O) groups excluding carboxylic acids is 1.